The monoisotopic (exact) mass is 226 g/mol. The Bertz CT molecular complexity index is 441. The van der Waals surface area contributed by atoms with Gasteiger partial charge in [0.2, 0.25) is 0 Å². The van der Waals surface area contributed by atoms with Crippen molar-refractivity contribution in [2.24, 2.45) is 0 Å². The van der Waals surface area contributed by atoms with Gasteiger partial charge in [0.05, 0.1) is 16.8 Å². The fourth-order valence-electron chi connectivity index (χ4n) is 1.28. The number of hydrogen-bond acceptors (Lipinski definition) is 5. The molecule has 0 aliphatic heterocycles. The lowest BCUT2D eigenvalue weighted by Gasteiger charge is -1.98. The third kappa shape index (κ3) is 1.63. The first-order valence-electron chi connectivity index (χ1n) is 4.10. The van der Waals surface area contributed by atoms with Crippen LogP contribution in [0.3, 0.4) is 0 Å². The molecular weight excluding hydrogens is 216 g/mol. The molecule has 5 heteroatoms. The summed E-state index contributed by atoms with van der Waals surface area (Å²) in [6, 6.07) is 0. The molecule has 0 bridgehead atoms. The molecule has 0 unspecified atom stereocenters. The summed E-state index contributed by atoms with van der Waals surface area (Å²) < 4.78 is 6.27. The van der Waals surface area contributed by atoms with Crippen molar-refractivity contribution in [1.82, 2.24) is 9.97 Å². The van der Waals surface area contributed by atoms with Crippen LogP contribution in [0.25, 0.3) is 10.2 Å². The number of aromatic nitrogens is 2. The molecule has 2 aromatic heterocycles. The molecule has 0 amide bonds. The van der Waals surface area contributed by atoms with E-state index in [2.05, 4.69) is 15.3 Å². The van der Waals surface area contributed by atoms with Crippen molar-refractivity contribution in [3.8, 4) is 0 Å². The molecule has 0 radical (unpaired) electrons. The van der Waals surface area contributed by atoms with Crippen molar-refractivity contribution >= 4 is 33.3 Å². The first kappa shape index (κ1) is 9.89. The Labute approximate surface area is 90.5 Å². The van der Waals surface area contributed by atoms with Crippen molar-refractivity contribution in [3.63, 3.8) is 0 Å². The second-order valence-corrected chi connectivity index (χ2v) is 4.43. The molecule has 0 N–H and O–H groups in total. The minimum Gasteiger partial charge on any atom is -0.380 e. The quantitative estimate of drug-likeness (QED) is 0.595. The normalized spacial score (nSPS) is 11.0. The van der Waals surface area contributed by atoms with Crippen molar-refractivity contribution in [3.05, 3.63) is 17.3 Å². The molecule has 2 heterocycles. The Hall–Kier alpha value is -0.650. The number of nitrogens with zero attached hydrogens (tertiary/aromatic N) is 2. The van der Waals surface area contributed by atoms with Gasteiger partial charge in [-0.1, -0.05) is 0 Å². The van der Waals surface area contributed by atoms with Gasteiger partial charge in [-0.25, -0.2) is 9.97 Å². The maximum Gasteiger partial charge on any atom is 0.117 e. The zero-order valence-electron chi connectivity index (χ0n) is 7.98. The standard InChI is InChI=1S/C9H10N2OS2/c1-12-3-6-4-14-8-7(6)10-5-11-9(8)13-2/h4-5H,3H2,1-2H3. The average molecular weight is 226 g/mol. The molecule has 74 valence electrons. The highest BCUT2D eigenvalue weighted by Gasteiger charge is 2.09. The fraction of sp³-hybridized carbons (Fsp3) is 0.333. The zero-order valence-corrected chi connectivity index (χ0v) is 9.61. The summed E-state index contributed by atoms with van der Waals surface area (Å²) in [6.07, 6.45) is 3.64. The number of thioether (sulfide) groups is 1. The second-order valence-electron chi connectivity index (χ2n) is 2.75. The van der Waals surface area contributed by atoms with Crippen molar-refractivity contribution in [1.29, 1.82) is 0 Å². The Kier molecular flexibility index (Phi) is 3.00. The van der Waals surface area contributed by atoms with Crippen LogP contribution >= 0.6 is 23.1 Å². The number of fused-ring (bicyclic) bond motifs is 1. The first-order valence-corrected chi connectivity index (χ1v) is 6.21. The lowest BCUT2D eigenvalue weighted by molar-refractivity contribution is 0.186. The van der Waals surface area contributed by atoms with Crippen molar-refractivity contribution in [2.75, 3.05) is 13.4 Å². The molecular formula is C9H10N2OS2. The van der Waals surface area contributed by atoms with Gasteiger partial charge in [-0.2, -0.15) is 0 Å². The van der Waals surface area contributed by atoms with E-state index >= 15 is 0 Å². The molecule has 0 saturated heterocycles. The van der Waals surface area contributed by atoms with Crippen LogP contribution in [0.2, 0.25) is 0 Å². The van der Waals surface area contributed by atoms with Gasteiger partial charge in [0.15, 0.2) is 0 Å². The molecule has 14 heavy (non-hydrogen) atoms. The van der Waals surface area contributed by atoms with E-state index in [1.807, 2.05) is 6.26 Å². The van der Waals surface area contributed by atoms with E-state index in [9.17, 15) is 0 Å². The van der Waals surface area contributed by atoms with Crippen molar-refractivity contribution < 1.29 is 4.74 Å². The third-order valence-electron chi connectivity index (χ3n) is 1.89. The molecule has 0 aromatic carbocycles. The van der Waals surface area contributed by atoms with E-state index in [1.54, 1.807) is 36.5 Å². The molecule has 0 fully saturated rings. The number of rotatable bonds is 3. The van der Waals surface area contributed by atoms with E-state index in [0.717, 1.165) is 20.8 Å². The molecule has 2 aromatic rings. The molecule has 0 aliphatic carbocycles. The maximum atomic E-state index is 5.11. The summed E-state index contributed by atoms with van der Waals surface area (Å²) in [7, 11) is 1.69. The van der Waals surface area contributed by atoms with E-state index in [-0.39, 0.29) is 0 Å². The van der Waals surface area contributed by atoms with Gasteiger partial charge in [-0.05, 0) is 11.6 Å². The average Bonchev–Trinajstić information content (AvgIpc) is 2.62. The summed E-state index contributed by atoms with van der Waals surface area (Å²) >= 11 is 3.33. The number of methoxy groups -OCH3 is 1. The van der Waals surface area contributed by atoms with E-state index in [1.165, 1.54) is 0 Å². The van der Waals surface area contributed by atoms with Crippen LogP contribution in [0.15, 0.2) is 16.7 Å². The molecule has 0 saturated carbocycles. The van der Waals surface area contributed by atoms with E-state index in [0.29, 0.717) is 6.61 Å². The summed E-state index contributed by atoms with van der Waals surface area (Å²) in [5, 5.41) is 3.13. The van der Waals surface area contributed by atoms with Crippen LogP contribution in [0.1, 0.15) is 5.56 Å². The van der Waals surface area contributed by atoms with Gasteiger partial charge in [0, 0.05) is 12.7 Å². The van der Waals surface area contributed by atoms with Crippen LogP contribution in [0.4, 0.5) is 0 Å². The summed E-state index contributed by atoms with van der Waals surface area (Å²) in [5.41, 5.74) is 2.17. The highest BCUT2D eigenvalue weighted by atomic mass is 32.2. The summed E-state index contributed by atoms with van der Waals surface area (Å²) in [6.45, 7) is 0.616. The fourth-order valence-corrected chi connectivity index (χ4v) is 3.00. The Morgan fingerprint density at radius 1 is 1.50 bits per heavy atom. The van der Waals surface area contributed by atoms with Crippen LogP contribution in [0, 0.1) is 0 Å². The van der Waals surface area contributed by atoms with Gasteiger partial charge in [0.1, 0.15) is 11.4 Å². The number of hydrogen-bond donors (Lipinski definition) is 0. The van der Waals surface area contributed by atoms with Crippen LogP contribution in [0.5, 0.6) is 0 Å². The highest BCUT2D eigenvalue weighted by Crippen LogP contribution is 2.30. The van der Waals surface area contributed by atoms with Crippen LogP contribution in [-0.2, 0) is 11.3 Å². The Morgan fingerprint density at radius 3 is 3.07 bits per heavy atom. The minimum atomic E-state index is 0.616. The minimum absolute atomic E-state index is 0.616. The number of ether oxygens (including phenoxy) is 1. The van der Waals surface area contributed by atoms with Gasteiger partial charge < -0.3 is 4.74 Å². The number of thiophene rings is 1. The topological polar surface area (TPSA) is 35.0 Å². The third-order valence-corrected chi connectivity index (χ3v) is 3.74. The first-order chi connectivity index (χ1) is 6.86. The predicted molar refractivity (Wildman–Crippen MR) is 59.9 cm³/mol. The second kappa shape index (κ2) is 4.25. The molecule has 2 rings (SSSR count). The van der Waals surface area contributed by atoms with Crippen LogP contribution in [-0.4, -0.2) is 23.3 Å². The molecule has 3 nitrogen and oxygen atoms in total. The van der Waals surface area contributed by atoms with Crippen LogP contribution < -0.4 is 0 Å². The largest absolute Gasteiger partial charge is 0.380 e. The maximum absolute atomic E-state index is 5.11. The van der Waals surface area contributed by atoms with Crippen molar-refractivity contribution in [2.45, 2.75) is 11.6 Å². The SMILES string of the molecule is COCc1csc2c(SC)ncnc12. The highest BCUT2D eigenvalue weighted by molar-refractivity contribution is 7.98. The van der Waals surface area contributed by atoms with Gasteiger partial charge >= 0.3 is 0 Å². The smallest absolute Gasteiger partial charge is 0.117 e. The van der Waals surface area contributed by atoms with E-state index in [4.69, 9.17) is 4.74 Å². The van der Waals surface area contributed by atoms with Gasteiger partial charge in [-0.15, -0.1) is 23.1 Å². The van der Waals surface area contributed by atoms with E-state index < -0.39 is 0 Å². The Morgan fingerprint density at radius 2 is 2.36 bits per heavy atom. The Balaban J connectivity index is 2.57. The summed E-state index contributed by atoms with van der Waals surface area (Å²) in [4.78, 5) is 8.49. The zero-order chi connectivity index (χ0) is 9.97. The lowest BCUT2D eigenvalue weighted by atomic mass is 10.3. The molecule has 0 spiro atoms. The lowest BCUT2D eigenvalue weighted by Crippen LogP contribution is -1.88. The molecule has 0 atom stereocenters. The van der Waals surface area contributed by atoms with Gasteiger partial charge in [0.25, 0.3) is 0 Å². The summed E-state index contributed by atoms with van der Waals surface area (Å²) in [5.74, 6) is 0. The van der Waals surface area contributed by atoms with Gasteiger partial charge in [-0.3, -0.25) is 0 Å². The molecule has 0 aliphatic rings. The predicted octanol–water partition coefficient (Wildman–Crippen LogP) is 2.56.